The third-order valence-corrected chi connectivity index (χ3v) is 7.49. The van der Waals surface area contributed by atoms with Gasteiger partial charge in [-0.2, -0.15) is 18.3 Å². The lowest BCUT2D eigenvalue weighted by molar-refractivity contribution is -0.136. The van der Waals surface area contributed by atoms with Crippen molar-refractivity contribution in [3.63, 3.8) is 0 Å². The Morgan fingerprint density at radius 2 is 1.89 bits per heavy atom. The molecule has 1 aliphatic heterocycles. The van der Waals surface area contributed by atoms with Crippen LogP contribution in [0, 0.1) is 6.92 Å². The molecule has 0 bridgehead atoms. The Bertz CT molecular complexity index is 1490. The molecule has 1 fully saturated rings. The summed E-state index contributed by atoms with van der Waals surface area (Å²) in [5.41, 5.74) is 3.21. The standard InChI is InChI=1S/C28H33F3N6O/c1-16(2)25-21-12-19(18-8-10-36(11-9-18)15-24(38)35(4)5)6-7-23(21)33-26(25)20-13-22(28(29,30)31)27-32-17(3)34-37(27)14-20/h6-7,12-14,16,18,33H,8-11,15H2,1-5H3. The number of carbonyl (C=O) groups excluding carboxylic acids is 1. The van der Waals surface area contributed by atoms with Gasteiger partial charge in [0.15, 0.2) is 5.65 Å². The number of nitrogens with zero attached hydrogens (tertiary/aromatic N) is 5. The van der Waals surface area contributed by atoms with Crippen LogP contribution >= 0.6 is 0 Å². The minimum Gasteiger partial charge on any atom is -0.354 e. The van der Waals surface area contributed by atoms with Crippen LogP contribution in [0.2, 0.25) is 0 Å². The van der Waals surface area contributed by atoms with E-state index in [-0.39, 0.29) is 23.3 Å². The van der Waals surface area contributed by atoms with Crippen LogP contribution in [0.15, 0.2) is 30.5 Å². The number of aromatic nitrogens is 4. The molecule has 202 valence electrons. The number of piperidine rings is 1. The molecule has 1 amide bonds. The fourth-order valence-corrected chi connectivity index (χ4v) is 5.51. The Kier molecular flexibility index (Phi) is 6.71. The van der Waals surface area contributed by atoms with Gasteiger partial charge in [-0.05, 0) is 74.0 Å². The Morgan fingerprint density at radius 3 is 2.53 bits per heavy atom. The number of hydrogen-bond acceptors (Lipinski definition) is 4. The average Bonchev–Trinajstić information content (AvgIpc) is 3.42. The lowest BCUT2D eigenvalue weighted by Crippen LogP contribution is -2.40. The van der Waals surface area contributed by atoms with E-state index in [1.54, 1.807) is 32.1 Å². The van der Waals surface area contributed by atoms with Crippen molar-refractivity contribution < 1.29 is 18.0 Å². The van der Waals surface area contributed by atoms with E-state index < -0.39 is 11.7 Å². The molecule has 38 heavy (non-hydrogen) atoms. The molecule has 0 atom stereocenters. The molecule has 0 unspecified atom stereocenters. The molecule has 0 spiro atoms. The number of H-pyrrole nitrogens is 1. The molecule has 4 aromatic rings. The van der Waals surface area contributed by atoms with Crippen molar-refractivity contribution in [2.24, 2.45) is 0 Å². The van der Waals surface area contributed by atoms with E-state index in [9.17, 15) is 18.0 Å². The van der Waals surface area contributed by atoms with Crippen molar-refractivity contribution in [1.29, 1.82) is 0 Å². The molecule has 7 nitrogen and oxygen atoms in total. The van der Waals surface area contributed by atoms with Crippen LogP contribution in [0.1, 0.15) is 61.0 Å². The lowest BCUT2D eigenvalue weighted by atomic mass is 9.87. The summed E-state index contributed by atoms with van der Waals surface area (Å²) < 4.78 is 43.1. The van der Waals surface area contributed by atoms with Crippen LogP contribution in [-0.2, 0) is 11.0 Å². The number of likely N-dealkylation sites (tertiary alicyclic amines) is 1. The first-order valence-electron chi connectivity index (χ1n) is 12.9. The van der Waals surface area contributed by atoms with Gasteiger partial charge in [0.25, 0.3) is 0 Å². The summed E-state index contributed by atoms with van der Waals surface area (Å²) in [6, 6.07) is 7.51. The van der Waals surface area contributed by atoms with Crippen molar-refractivity contribution in [3.8, 4) is 11.3 Å². The Balaban J connectivity index is 1.51. The van der Waals surface area contributed by atoms with Crippen LogP contribution in [0.4, 0.5) is 13.2 Å². The van der Waals surface area contributed by atoms with E-state index in [0.29, 0.717) is 23.7 Å². The van der Waals surface area contributed by atoms with Gasteiger partial charge in [0.1, 0.15) is 11.4 Å². The highest BCUT2D eigenvalue weighted by atomic mass is 19.4. The van der Waals surface area contributed by atoms with Gasteiger partial charge in [0.2, 0.25) is 5.91 Å². The van der Waals surface area contributed by atoms with Gasteiger partial charge in [-0.15, -0.1) is 0 Å². The van der Waals surface area contributed by atoms with Gasteiger partial charge >= 0.3 is 6.18 Å². The predicted molar refractivity (Wildman–Crippen MR) is 141 cm³/mol. The van der Waals surface area contributed by atoms with Crippen molar-refractivity contribution in [1.82, 2.24) is 29.4 Å². The number of aromatic amines is 1. The number of amides is 1. The van der Waals surface area contributed by atoms with Crippen molar-refractivity contribution in [2.75, 3.05) is 33.7 Å². The molecule has 0 aliphatic carbocycles. The van der Waals surface area contributed by atoms with Crippen LogP contribution in [-0.4, -0.2) is 69.0 Å². The molecule has 0 saturated carbocycles. The van der Waals surface area contributed by atoms with Gasteiger partial charge < -0.3 is 9.88 Å². The summed E-state index contributed by atoms with van der Waals surface area (Å²) in [5, 5.41) is 5.20. The van der Waals surface area contributed by atoms with Crippen molar-refractivity contribution >= 4 is 22.5 Å². The number of likely N-dealkylation sites (N-methyl/N-ethyl adjacent to an activating group) is 1. The summed E-state index contributed by atoms with van der Waals surface area (Å²) in [6.07, 6.45) is -1.03. The zero-order chi connectivity index (χ0) is 27.4. The molecule has 5 rings (SSSR count). The first-order valence-corrected chi connectivity index (χ1v) is 12.9. The fraction of sp³-hybridized carbons (Fsp3) is 0.464. The molecule has 1 N–H and O–H groups in total. The monoisotopic (exact) mass is 526 g/mol. The molecule has 1 aromatic carbocycles. The molecule has 4 heterocycles. The maximum Gasteiger partial charge on any atom is 0.420 e. The van der Waals surface area contributed by atoms with E-state index in [2.05, 4.69) is 45.9 Å². The Morgan fingerprint density at radius 1 is 1.18 bits per heavy atom. The number of halogens is 3. The first-order chi connectivity index (χ1) is 17.9. The number of pyridine rings is 1. The normalized spacial score (nSPS) is 15.7. The highest BCUT2D eigenvalue weighted by Gasteiger charge is 2.35. The molecule has 3 aromatic heterocycles. The lowest BCUT2D eigenvalue weighted by Gasteiger charge is -2.32. The van der Waals surface area contributed by atoms with Gasteiger partial charge in [-0.25, -0.2) is 9.50 Å². The molecular weight excluding hydrogens is 493 g/mol. The summed E-state index contributed by atoms with van der Waals surface area (Å²) in [7, 11) is 3.55. The third kappa shape index (κ3) is 4.89. The smallest absolute Gasteiger partial charge is 0.354 e. The highest BCUT2D eigenvalue weighted by molar-refractivity contribution is 5.92. The first kappa shape index (κ1) is 26.2. The third-order valence-electron chi connectivity index (χ3n) is 7.49. The van der Waals surface area contributed by atoms with Gasteiger partial charge in [-0.3, -0.25) is 9.69 Å². The molecular formula is C28H33F3N6O. The topological polar surface area (TPSA) is 69.5 Å². The number of rotatable bonds is 5. The Hall–Kier alpha value is -3.40. The average molecular weight is 527 g/mol. The van der Waals surface area contributed by atoms with E-state index in [4.69, 9.17) is 0 Å². The van der Waals surface area contributed by atoms with Crippen LogP contribution in [0.3, 0.4) is 0 Å². The second-order valence-corrected chi connectivity index (χ2v) is 10.8. The second-order valence-electron chi connectivity index (χ2n) is 10.8. The number of benzene rings is 1. The zero-order valence-corrected chi connectivity index (χ0v) is 22.4. The quantitative estimate of drug-likeness (QED) is 0.368. The Labute approximate surface area is 219 Å². The maximum atomic E-state index is 14.0. The van der Waals surface area contributed by atoms with Crippen LogP contribution in [0.5, 0.6) is 0 Å². The highest BCUT2D eigenvalue weighted by Crippen LogP contribution is 2.40. The minimum atomic E-state index is -4.56. The van der Waals surface area contributed by atoms with Crippen molar-refractivity contribution in [2.45, 2.75) is 51.6 Å². The predicted octanol–water partition coefficient (Wildman–Crippen LogP) is 5.60. The van der Waals surface area contributed by atoms with Crippen LogP contribution in [0.25, 0.3) is 27.8 Å². The summed E-state index contributed by atoms with van der Waals surface area (Å²) in [5.74, 6) is 0.847. The van der Waals surface area contributed by atoms with E-state index in [0.717, 1.165) is 42.4 Å². The number of aryl methyl sites for hydroxylation is 1. The second kappa shape index (κ2) is 9.72. The molecule has 10 heteroatoms. The SMILES string of the molecule is Cc1nc2c(C(F)(F)F)cc(-c3[nH]c4ccc(C5CCN(CC(=O)N(C)C)CC5)cc4c3C(C)C)cn2n1. The largest absolute Gasteiger partial charge is 0.420 e. The minimum absolute atomic E-state index is 0.0791. The van der Waals surface area contributed by atoms with E-state index >= 15 is 0 Å². The molecule has 1 saturated heterocycles. The fourth-order valence-electron chi connectivity index (χ4n) is 5.51. The van der Waals surface area contributed by atoms with E-state index in [1.807, 2.05) is 6.07 Å². The van der Waals surface area contributed by atoms with Crippen molar-refractivity contribution in [3.05, 3.63) is 53.0 Å². The van der Waals surface area contributed by atoms with Crippen LogP contribution < -0.4 is 0 Å². The number of alkyl halides is 3. The molecule has 1 aliphatic rings. The van der Waals surface area contributed by atoms with Gasteiger partial charge in [-0.1, -0.05) is 19.9 Å². The van der Waals surface area contributed by atoms with E-state index in [1.165, 1.54) is 16.1 Å². The number of fused-ring (bicyclic) bond motifs is 2. The molecule has 0 radical (unpaired) electrons. The number of carbonyl (C=O) groups is 1. The maximum absolute atomic E-state index is 14.0. The number of hydrogen-bond donors (Lipinski definition) is 1. The number of nitrogens with one attached hydrogen (secondary N) is 1. The summed E-state index contributed by atoms with van der Waals surface area (Å²) >= 11 is 0. The van der Waals surface area contributed by atoms with Gasteiger partial charge in [0, 0.05) is 36.8 Å². The summed E-state index contributed by atoms with van der Waals surface area (Å²) in [4.78, 5) is 23.3. The summed E-state index contributed by atoms with van der Waals surface area (Å²) in [6.45, 7) is 7.85. The van der Waals surface area contributed by atoms with Gasteiger partial charge in [0.05, 0.1) is 12.2 Å². The zero-order valence-electron chi connectivity index (χ0n) is 22.4.